The molecule has 0 aromatic heterocycles. The molecule has 6 saturated carbocycles. The second-order valence-electron chi connectivity index (χ2n) is 10.7. The predicted molar refractivity (Wildman–Crippen MR) is 87.0 cm³/mol. The molecule has 1 saturated heterocycles. The van der Waals surface area contributed by atoms with Gasteiger partial charge in [-0.2, -0.15) is 0 Å². The minimum absolute atomic E-state index is 0.0689. The third-order valence-corrected chi connectivity index (χ3v) is 10.1. The minimum atomic E-state index is -0.271. The van der Waals surface area contributed by atoms with Crippen molar-refractivity contribution in [1.29, 1.82) is 0 Å². The van der Waals surface area contributed by atoms with Gasteiger partial charge in [0.1, 0.15) is 11.7 Å². The smallest absolute Gasteiger partial charge is 0.310 e. The molecule has 7 fully saturated rings. The van der Waals surface area contributed by atoms with Crippen molar-refractivity contribution in [2.75, 3.05) is 0 Å². The lowest BCUT2D eigenvalue weighted by Gasteiger charge is -2.53. The van der Waals surface area contributed by atoms with E-state index in [9.17, 15) is 9.59 Å². The highest BCUT2D eigenvalue weighted by Gasteiger charge is 2.75. The van der Waals surface area contributed by atoms with E-state index in [2.05, 4.69) is 6.92 Å². The molecule has 1 spiro atoms. The first kappa shape index (κ1) is 14.1. The maximum absolute atomic E-state index is 13.3. The van der Waals surface area contributed by atoms with Crippen LogP contribution in [0, 0.1) is 52.8 Å². The number of carbonyl (C=O) groups is 2. The summed E-state index contributed by atoms with van der Waals surface area (Å²) in [6, 6.07) is 0. The van der Waals surface area contributed by atoms with Crippen molar-refractivity contribution in [2.24, 2.45) is 52.8 Å². The first-order valence-corrected chi connectivity index (χ1v) is 10.4. The summed E-state index contributed by atoms with van der Waals surface area (Å²) in [5, 5.41) is 0. The van der Waals surface area contributed by atoms with E-state index in [4.69, 9.17) is 9.47 Å². The summed E-state index contributed by atoms with van der Waals surface area (Å²) >= 11 is 0. The minimum Gasteiger partial charge on any atom is -0.462 e. The Kier molecular flexibility index (Phi) is 2.21. The molecule has 0 aromatic carbocycles. The Balaban J connectivity index is 1.20. The van der Waals surface area contributed by atoms with Gasteiger partial charge in [-0.25, -0.2) is 0 Å². The van der Waals surface area contributed by atoms with E-state index in [0.717, 1.165) is 24.7 Å². The standard InChI is InChI=1S/C21H26O4/c1-20(12-3-9-2-11-6-15(20)21(11,7-9)8-12)25-19(23)16-10-4-13-14(5-10)24-18(22)17(13)16/h9-17H,2-8H2,1H3. The lowest BCUT2D eigenvalue weighted by Crippen LogP contribution is -2.53. The van der Waals surface area contributed by atoms with Crippen molar-refractivity contribution in [1.82, 2.24) is 0 Å². The SMILES string of the molecule is CC1(OC(=O)C2C3CC4OC(=O)C2C4C3)C2CC3CC4CC1C4(C3)C2. The van der Waals surface area contributed by atoms with Crippen molar-refractivity contribution in [3.05, 3.63) is 0 Å². The van der Waals surface area contributed by atoms with Crippen molar-refractivity contribution < 1.29 is 19.1 Å². The fourth-order valence-electron chi connectivity index (χ4n) is 9.35. The fraction of sp³-hybridized carbons (Fsp3) is 0.905. The summed E-state index contributed by atoms with van der Waals surface area (Å²) in [6.45, 7) is 2.23. The van der Waals surface area contributed by atoms with Crippen LogP contribution in [0.25, 0.3) is 0 Å². The molecular weight excluding hydrogens is 316 g/mol. The van der Waals surface area contributed by atoms with Crippen LogP contribution >= 0.6 is 0 Å². The summed E-state index contributed by atoms with van der Waals surface area (Å²) < 4.78 is 11.9. The third-order valence-electron chi connectivity index (χ3n) is 10.1. The molecule has 7 rings (SSSR count). The highest BCUT2D eigenvalue weighted by atomic mass is 16.6. The molecule has 0 aromatic rings. The molecule has 0 amide bonds. The summed E-state index contributed by atoms with van der Waals surface area (Å²) in [4.78, 5) is 25.5. The fourth-order valence-corrected chi connectivity index (χ4v) is 9.35. The van der Waals surface area contributed by atoms with E-state index in [1.54, 1.807) is 0 Å². The van der Waals surface area contributed by atoms with Crippen LogP contribution in [-0.2, 0) is 19.1 Å². The lowest BCUT2D eigenvalue weighted by atomic mass is 9.54. The Morgan fingerprint density at radius 2 is 1.96 bits per heavy atom. The Hall–Kier alpha value is -1.06. The number of carbonyl (C=O) groups excluding carboxylic acids is 2. The zero-order chi connectivity index (χ0) is 16.7. The van der Waals surface area contributed by atoms with Gasteiger partial charge in [0.25, 0.3) is 0 Å². The first-order valence-electron chi connectivity index (χ1n) is 10.4. The molecule has 134 valence electrons. The Labute approximate surface area is 148 Å². The summed E-state index contributed by atoms with van der Waals surface area (Å²) in [6.07, 6.45) is 8.57. The van der Waals surface area contributed by atoms with Crippen LogP contribution in [0.3, 0.4) is 0 Å². The van der Waals surface area contributed by atoms with Crippen molar-refractivity contribution >= 4 is 11.9 Å². The Bertz CT molecular complexity index is 715. The number of hydrogen-bond acceptors (Lipinski definition) is 4. The molecule has 25 heavy (non-hydrogen) atoms. The lowest BCUT2D eigenvalue weighted by molar-refractivity contribution is -0.187. The Morgan fingerprint density at radius 1 is 1.12 bits per heavy atom. The summed E-state index contributed by atoms with van der Waals surface area (Å²) in [7, 11) is 0. The zero-order valence-electron chi connectivity index (χ0n) is 14.8. The van der Waals surface area contributed by atoms with Gasteiger partial charge in [0.2, 0.25) is 0 Å². The van der Waals surface area contributed by atoms with Crippen LogP contribution < -0.4 is 0 Å². The molecule has 1 heterocycles. The van der Waals surface area contributed by atoms with Gasteiger partial charge < -0.3 is 9.47 Å². The Morgan fingerprint density at radius 3 is 2.84 bits per heavy atom. The normalized spacial score (nSPS) is 64.4. The summed E-state index contributed by atoms with van der Waals surface area (Å²) in [5.41, 5.74) is 0.237. The molecule has 5 bridgehead atoms. The number of rotatable bonds is 2. The van der Waals surface area contributed by atoms with Gasteiger partial charge in [0, 0.05) is 11.8 Å². The summed E-state index contributed by atoms with van der Waals surface area (Å²) in [5.74, 6) is 2.88. The topological polar surface area (TPSA) is 52.6 Å². The largest absolute Gasteiger partial charge is 0.462 e. The maximum atomic E-state index is 13.3. The van der Waals surface area contributed by atoms with Crippen LogP contribution in [0.15, 0.2) is 0 Å². The molecule has 6 aliphatic carbocycles. The molecular formula is C21H26O4. The molecule has 1 aliphatic heterocycles. The molecule has 11 atom stereocenters. The van der Waals surface area contributed by atoms with Gasteiger partial charge in [0.05, 0.1) is 11.8 Å². The molecule has 7 aliphatic rings. The van der Waals surface area contributed by atoms with E-state index in [-0.39, 0.29) is 41.4 Å². The predicted octanol–water partition coefficient (Wildman–Crippen LogP) is 2.94. The zero-order valence-corrected chi connectivity index (χ0v) is 14.8. The van der Waals surface area contributed by atoms with Crippen LogP contribution in [0.5, 0.6) is 0 Å². The van der Waals surface area contributed by atoms with Crippen molar-refractivity contribution in [2.45, 2.75) is 63.6 Å². The molecule has 0 radical (unpaired) electrons. The van der Waals surface area contributed by atoms with Crippen molar-refractivity contribution in [3.63, 3.8) is 0 Å². The van der Waals surface area contributed by atoms with E-state index >= 15 is 0 Å². The average molecular weight is 342 g/mol. The van der Waals surface area contributed by atoms with Crippen LogP contribution in [0.2, 0.25) is 0 Å². The third kappa shape index (κ3) is 1.36. The number of fused-ring (bicyclic) bond motifs is 3. The van der Waals surface area contributed by atoms with Crippen molar-refractivity contribution in [3.8, 4) is 0 Å². The van der Waals surface area contributed by atoms with Crippen LogP contribution in [0.4, 0.5) is 0 Å². The van der Waals surface area contributed by atoms with Gasteiger partial charge in [-0.1, -0.05) is 0 Å². The van der Waals surface area contributed by atoms with E-state index < -0.39 is 0 Å². The highest BCUT2D eigenvalue weighted by Crippen LogP contribution is 2.78. The van der Waals surface area contributed by atoms with Gasteiger partial charge in [0.15, 0.2) is 0 Å². The van der Waals surface area contributed by atoms with Gasteiger partial charge >= 0.3 is 11.9 Å². The number of ether oxygens (including phenoxy) is 2. The van der Waals surface area contributed by atoms with Gasteiger partial charge in [-0.3, -0.25) is 9.59 Å². The number of hydrogen-bond donors (Lipinski definition) is 0. The molecule has 4 nitrogen and oxygen atoms in total. The number of esters is 2. The maximum Gasteiger partial charge on any atom is 0.310 e. The van der Waals surface area contributed by atoms with Gasteiger partial charge in [-0.05, 0) is 81.0 Å². The van der Waals surface area contributed by atoms with E-state index in [1.165, 1.54) is 32.1 Å². The second kappa shape index (κ2) is 3.94. The molecule has 0 N–H and O–H groups in total. The molecule has 11 unspecified atom stereocenters. The average Bonchev–Trinajstić information content (AvgIpc) is 3.24. The highest BCUT2D eigenvalue weighted by molar-refractivity contribution is 5.86. The quantitative estimate of drug-likeness (QED) is 0.724. The first-order chi connectivity index (χ1) is 12.0. The monoisotopic (exact) mass is 342 g/mol. The van der Waals surface area contributed by atoms with E-state index in [0.29, 0.717) is 23.2 Å². The molecule has 4 heteroatoms. The second-order valence-corrected chi connectivity index (χ2v) is 10.7. The van der Waals surface area contributed by atoms with E-state index in [1.807, 2.05) is 0 Å². The van der Waals surface area contributed by atoms with Crippen LogP contribution in [0.1, 0.15) is 51.9 Å². The van der Waals surface area contributed by atoms with Gasteiger partial charge in [-0.15, -0.1) is 0 Å². The van der Waals surface area contributed by atoms with Crippen LogP contribution in [-0.4, -0.2) is 23.6 Å².